The number of pyridine rings is 1. The fourth-order valence-electron chi connectivity index (χ4n) is 1.14. The average molecular weight is 307 g/mol. The molecule has 0 bridgehead atoms. The third kappa shape index (κ3) is 4.19. The van der Waals surface area contributed by atoms with E-state index in [4.69, 9.17) is 0 Å². The number of halogens is 1. The number of aromatic nitrogens is 1. The van der Waals surface area contributed by atoms with Crippen molar-refractivity contribution in [3.8, 4) is 0 Å². The first-order valence-electron chi connectivity index (χ1n) is 5.10. The van der Waals surface area contributed by atoms with Crippen LogP contribution in [0.5, 0.6) is 0 Å². The summed E-state index contributed by atoms with van der Waals surface area (Å²) in [6.07, 6.45) is 4.64. The van der Waals surface area contributed by atoms with Gasteiger partial charge in [-0.3, -0.25) is 4.98 Å². The van der Waals surface area contributed by atoms with Gasteiger partial charge in [0.25, 0.3) is 0 Å². The molecule has 0 aromatic carbocycles. The first kappa shape index (κ1) is 13.6. The normalized spacial score (nSPS) is 13.6. The molecule has 16 heavy (non-hydrogen) atoms. The van der Waals surface area contributed by atoms with E-state index in [0.29, 0.717) is 11.4 Å². The van der Waals surface area contributed by atoms with E-state index in [0.717, 1.165) is 12.8 Å². The van der Waals surface area contributed by atoms with Gasteiger partial charge in [0.15, 0.2) is 0 Å². The molecule has 0 saturated heterocycles. The molecule has 0 saturated carbocycles. The van der Waals surface area contributed by atoms with Crippen LogP contribution in [0.15, 0.2) is 29.4 Å². The van der Waals surface area contributed by atoms with Crippen LogP contribution >= 0.6 is 15.9 Å². The van der Waals surface area contributed by atoms with Gasteiger partial charge in [-0.15, -0.1) is 0 Å². The quantitative estimate of drug-likeness (QED) is 0.817. The highest BCUT2D eigenvalue weighted by atomic mass is 79.9. The Morgan fingerprint density at radius 3 is 2.88 bits per heavy atom. The van der Waals surface area contributed by atoms with Crippen LogP contribution in [0, 0.1) is 0 Å². The highest BCUT2D eigenvalue weighted by molar-refractivity contribution is 9.09. The minimum atomic E-state index is -3.40. The van der Waals surface area contributed by atoms with E-state index in [1.54, 1.807) is 12.3 Å². The maximum absolute atomic E-state index is 11.7. The Bertz CT molecular complexity index is 408. The van der Waals surface area contributed by atoms with Gasteiger partial charge in [0, 0.05) is 23.8 Å². The van der Waals surface area contributed by atoms with Gasteiger partial charge in [-0.2, -0.15) is 0 Å². The van der Waals surface area contributed by atoms with E-state index in [9.17, 15) is 8.42 Å². The molecule has 0 fully saturated rings. The van der Waals surface area contributed by atoms with Gasteiger partial charge >= 0.3 is 0 Å². The minimum absolute atomic E-state index is 0.206. The summed E-state index contributed by atoms with van der Waals surface area (Å²) in [6, 6.07) is 3.13. The van der Waals surface area contributed by atoms with Crippen molar-refractivity contribution in [2.45, 2.75) is 29.5 Å². The van der Waals surface area contributed by atoms with Gasteiger partial charge in [-0.1, -0.05) is 22.9 Å². The molecule has 90 valence electrons. The van der Waals surface area contributed by atoms with Crippen LogP contribution in [0.25, 0.3) is 0 Å². The zero-order chi connectivity index (χ0) is 12.0. The Kier molecular flexibility index (Phi) is 5.37. The van der Waals surface area contributed by atoms with Crippen molar-refractivity contribution in [2.75, 3.05) is 6.54 Å². The molecule has 0 radical (unpaired) electrons. The average Bonchev–Trinajstić information content (AvgIpc) is 2.30. The molecule has 1 heterocycles. The highest BCUT2D eigenvalue weighted by Gasteiger charge is 2.13. The molecule has 0 aliphatic carbocycles. The minimum Gasteiger partial charge on any atom is -0.263 e. The summed E-state index contributed by atoms with van der Waals surface area (Å²) >= 11 is 3.45. The van der Waals surface area contributed by atoms with E-state index < -0.39 is 10.0 Å². The maximum Gasteiger partial charge on any atom is 0.242 e. The summed E-state index contributed by atoms with van der Waals surface area (Å²) in [6.45, 7) is 2.48. The third-order valence-corrected chi connectivity index (χ3v) is 4.69. The second-order valence-electron chi connectivity index (χ2n) is 3.38. The van der Waals surface area contributed by atoms with Gasteiger partial charge in [0.05, 0.1) is 0 Å². The Labute approximate surface area is 105 Å². The summed E-state index contributed by atoms with van der Waals surface area (Å²) in [5.74, 6) is 0. The lowest BCUT2D eigenvalue weighted by atomic mass is 10.2. The molecule has 1 aromatic rings. The molecule has 0 aliphatic heterocycles. The number of hydrogen-bond donors (Lipinski definition) is 1. The first-order chi connectivity index (χ1) is 7.56. The van der Waals surface area contributed by atoms with E-state index in [2.05, 4.69) is 32.6 Å². The number of rotatable bonds is 6. The fraction of sp³-hybridized carbons (Fsp3) is 0.500. The molecule has 0 aliphatic rings. The van der Waals surface area contributed by atoms with Gasteiger partial charge in [-0.25, -0.2) is 13.1 Å². The van der Waals surface area contributed by atoms with Gasteiger partial charge in [0.1, 0.15) is 4.90 Å². The van der Waals surface area contributed by atoms with Crippen molar-refractivity contribution in [2.24, 2.45) is 0 Å². The van der Waals surface area contributed by atoms with Crippen molar-refractivity contribution in [1.29, 1.82) is 0 Å². The molecule has 0 spiro atoms. The molecule has 1 N–H and O–H groups in total. The molecule has 1 atom stereocenters. The lowest BCUT2D eigenvalue weighted by Crippen LogP contribution is -2.26. The second kappa shape index (κ2) is 6.32. The summed E-state index contributed by atoms with van der Waals surface area (Å²) in [4.78, 5) is 4.34. The fourth-order valence-corrected chi connectivity index (χ4v) is 2.38. The summed E-state index contributed by atoms with van der Waals surface area (Å²) in [5.41, 5.74) is 0. The van der Waals surface area contributed by atoms with Crippen molar-refractivity contribution in [1.82, 2.24) is 9.71 Å². The predicted octanol–water partition coefficient (Wildman–Crippen LogP) is 1.92. The SMILES string of the molecule is CCC(Br)CCNS(=O)(=O)c1cccnc1. The van der Waals surface area contributed by atoms with Crippen molar-refractivity contribution < 1.29 is 8.42 Å². The predicted molar refractivity (Wildman–Crippen MR) is 67.0 cm³/mol. The summed E-state index contributed by atoms with van der Waals surface area (Å²) in [7, 11) is -3.40. The molecule has 6 heteroatoms. The lowest BCUT2D eigenvalue weighted by molar-refractivity contribution is 0.577. The Hall–Kier alpha value is -0.460. The molecule has 1 aromatic heterocycles. The zero-order valence-corrected chi connectivity index (χ0v) is 11.5. The monoisotopic (exact) mass is 306 g/mol. The largest absolute Gasteiger partial charge is 0.263 e. The van der Waals surface area contributed by atoms with Crippen LogP contribution in [-0.2, 0) is 10.0 Å². The third-order valence-electron chi connectivity index (χ3n) is 2.14. The Morgan fingerprint density at radius 1 is 1.56 bits per heavy atom. The maximum atomic E-state index is 11.7. The first-order valence-corrected chi connectivity index (χ1v) is 7.50. The van der Waals surface area contributed by atoms with Crippen molar-refractivity contribution in [3.05, 3.63) is 24.5 Å². The van der Waals surface area contributed by atoms with Crippen LogP contribution in [0.4, 0.5) is 0 Å². The van der Waals surface area contributed by atoms with Crippen LogP contribution in [0.3, 0.4) is 0 Å². The second-order valence-corrected chi connectivity index (χ2v) is 6.44. The standard InChI is InChI=1S/C10H15BrN2O2S/c1-2-9(11)5-7-13-16(14,15)10-4-3-6-12-8-10/h3-4,6,8-9,13H,2,5,7H2,1H3. The van der Waals surface area contributed by atoms with E-state index >= 15 is 0 Å². The molecule has 1 unspecified atom stereocenters. The number of hydrogen-bond acceptors (Lipinski definition) is 3. The number of alkyl halides is 1. The lowest BCUT2D eigenvalue weighted by Gasteiger charge is -2.08. The molecule has 4 nitrogen and oxygen atoms in total. The van der Waals surface area contributed by atoms with E-state index in [1.807, 2.05) is 0 Å². The Balaban J connectivity index is 2.54. The molecule has 1 rings (SSSR count). The van der Waals surface area contributed by atoms with Gasteiger partial charge in [0.2, 0.25) is 10.0 Å². The van der Waals surface area contributed by atoms with E-state index in [-0.39, 0.29) is 4.90 Å². The Morgan fingerprint density at radius 2 is 2.31 bits per heavy atom. The molecule has 0 amide bonds. The summed E-state index contributed by atoms with van der Waals surface area (Å²) < 4.78 is 26.0. The van der Waals surface area contributed by atoms with Crippen LogP contribution < -0.4 is 4.72 Å². The topological polar surface area (TPSA) is 59.1 Å². The zero-order valence-electron chi connectivity index (χ0n) is 9.06. The van der Waals surface area contributed by atoms with Gasteiger partial charge in [-0.05, 0) is 25.0 Å². The highest BCUT2D eigenvalue weighted by Crippen LogP contribution is 2.09. The van der Waals surface area contributed by atoms with Crippen LogP contribution in [0.2, 0.25) is 0 Å². The number of sulfonamides is 1. The van der Waals surface area contributed by atoms with E-state index in [1.165, 1.54) is 12.3 Å². The van der Waals surface area contributed by atoms with Gasteiger partial charge < -0.3 is 0 Å². The van der Waals surface area contributed by atoms with Crippen molar-refractivity contribution in [3.63, 3.8) is 0 Å². The number of nitrogens with one attached hydrogen (secondary N) is 1. The molecular weight excluding hydrogens is 292 g/mol. The molecular formula is C10H15BrN2O2S. The smallest absolute Gasteiger partial charge is 0.242 e. The number of nitrogens with zero attached hydrogens (tertiary/aromatic N) is 1. The summed E-state index contributed by atoms with van der Waals surface area (Å²) in [5, 5.41) is 0. The van der Waals surface area contributed by atoms with Crippen LogP contribution in [0.1, 0.15) is 19.8 Å². The van der Waals surface area contributed by atoms with Crippen molar-refractivity contribution >= 4 is 26.0 Å². The van der Waals surface area contributed by atoms with Crippen LogP contribution in [-0.4, -0.2) is 24.8 Å².